The topological polar surface area (TPSA) is 114 Å². The summed E-state index contributed by atoms with van der Waals surface area (Å²) in [6.45, 7) is 12.7. The van der Waals surface area contributed by atoms with Crippen molar-refractivity contribution in [2.45, 2.75) is 66.5 Å². The van der Waals surface area contributed by atoms with Crippen LogP contribution in [-0.2, 0) is 9.53 Å². The first-order chi connectivity index (χ1) is 11.5. The van der Waals surface area contributed by atoms with Gasteiger partial charge in [0, 0.05) is 24.4 Å². The third kappa shape index (κ3) is 7.49. The first kappa shape index (κ1) is 22.8. The van der Waals surface area contributed by atoms with E-state index in [-0.39, 0.29) is 18.0 Å². The summed E-state index contributed by atoms with van der Waals surface area (Å²) >= 11 is 0. The summed E-state index contributed by atoms with van der Waals surface area (Å²) in [6, 6.07) is -1.11. The second-order valence-corrected chi connectivity index (χ2v) is 6.62. The van der Waals surface area contributed by atoms with Gasteiger partial charge in [-0.1, -0.05) is 6.92 Å². The van der Waals surface area contributed by atoms with Gasteiger partial charge in [-0.15, -0.1) is 0 Å². The van der Waals surface area contributed by atoms with Gasteiger partial charge in [-0.2, -0.15) is 5.10 Å². The summed E-state index contributed by atoms with van der Waals surface area (Å²) in [7, 11) is 0. The summed E-state index contributed by atoms with van der Waals surface area (Å²) in [5.74, 6) is -1.42. The predicted octanol–water partition coefficient (Wildman–Crippen LogP) is 2.43. The minimum Gasteiger partial charge on any atom is -0.443 e. The van der Waals surface area contributed by atoms with Crippen LogP contribution in [0.5, 0.6) is 0 Å². The summed E-state index contributed by atoms with van der Waals surface area (Å²) in [5.41, 5.74) is 1.68. The third-order valence-corrected chi connectivity index (χ3v) is 3.59. The van der Waals surface area contributed by atoms with Gasteiger partial charge < -0.3 is 9.64 Å². The maximum atomic E-state index is 12.7. The smallest absolute Gasteiger partial charge is 0.428 e. The number of rotatable bonds is 8. The van der Waals surface area contributed by atoms with E-state index in [0.717, 1.165) is 0 Å². The van der Waals surface area contributed by atoms with Crippen LogP contribution in [0.25, 0.3) is 0 Å². The van der Waals surface area contributed by atoms with E-state index in [4.69, 9.17) is 4.74 Å². The fraction of sp³-hybridized carbons (Fsp3) is 0.812. The Balaban J connectivity index is 5.51. The lowest BCUT2D eigenvalue weighted by Gasteiger charge is -2.26. The van der Waals surface area contributed by atoms with Gasteiger partial charge in [0.1, 0.15) is 11.5 Å². The van der Waals surface area contributed by atoms with Gasteiger partial charge in [-0.05, 0) is 41.5 Å². The summed E-state index contributed by atoms with van der Waals surface area (Å²) in [5, 5.41) is 15.2. The molecule has 0 fully saturated rings. The quantitative estimate of drug-likeness (QED) is 0.406. The highest BCUT2D eigenvalue weighted by atomic mass is 16.6. The van der Waals surface area contributed by atoms with Gasteiger partial charge in [-0.3, -0.25) is 14.9 Å². The van der Waals surface area contributed by atoms with Crippen molar-refractivity contribution in [3.8, 4) is 0 Å². The predicted molar refractivity (Wildman–Crippen MR) is 95.0 cm³/mol. The van der Waals surface area contributed by atoms with Crippen molar-refractivity contribution in [3.05, 3.63) is 10.1 Å². The highest BCUT2D eigenvalue weighted by molar-refractivity contribution is 6.03. The zero-order valence-electron chi connectivity index (χ0n) is 16.2. The number of nitrogens with zero attached hydrogens (tertiary/aromatic N) is 3. The normalized spacial score (nSPS) is 14.4. The molecule has 0 aromatic carbocycles. The number of ether oxygens (including phenoxy) is 1. The molecule has 0 heterocycles. The summed E-state index contributed by atoms with van der Waals surface area (Å²) in [6.07, 6.45) is -0.612. The average molecular weight is 358 g/mol. The minimum atomic E-state index is -1.11. The number of amides is 2. The molecule has 9 nitrogen and oxygen atoms in total. The Morgan fingerprint density at radius 3 is 2.12 bits per heavy atom. The van der Waals surface area contributed by atoms with Crippen molar-refractivity contribution in [3.63, 3.8) is 0 Å². The number of carbonyl (C=O) groups excluding carboxylic acids is 2. The van der Waals surface area contributed by atoms with E-state index in [1.807, 2.05) is 0 Å². The SMILES string of the molecule is CCC(C(C(=O)N(CC)CC)/C(C)=N/NC(=O)OC(C)(C)C)[N+](=O)[O-]. The van der Waals surface area contributed by atoms with Crippen LogP contribution < -0.4 is 5.43 Å². The molecule has 1 N–H and O–H groups in total. The second-order valence-electron chi connectivity index (χ2n) is 6.62. The molecule has 0 aromatic rings. The second kappa shape index (κ2) is 9.95. The molecule has 0 spiro atoms. The van der Waals surface area contributed by atoms with Crippen molar-refractivity contribution in [1.29, 1.82) is 0 Å². The fourth-order valence-corrected chi connectivity index (χ4v) is 2.36. The summed E-state index contributed by atoms with van der Waals surface area (Å²) in [4.78, 5) is 36.8. The van der Waals surface area contributed by atoms with E-state index in [1.54, 1.807) is 41.5 Å². The van der Waals surface area contributed by atoms with Crippen LogP contribution in [0.2, 0.25) is 0 Å². The Kier molecular flexibility index (Phi) is 9.08. The van der Waals surface area contributed by atoms with Crippen LogP contribution in [0.15, 0.2) is 5.10 Å². The zero-order valence-corrected chi connectivity index (χ0v) is 16.2. The Labute approximate surface area is 148 Å². The highest BCUT2D eigenvalue weighted by Crippen LogP contribution is 2.17. The van der Waals surface area contributed by atoms with E-state index >= 15 is 0 Å². The Morgan fingerprint density at radius 2 is 1.76 bits per heavy atom. The van der Waals surface area contributed by atoms with E-state index in [9.17, 15) is 19.7 Å². The average Bonchev–Trinajstić information content (AvgIpc) is 2.49. The van der Waals surface area contributed by atoms with Crippen molar-refractivity contribution in [2.24, 2.45) is 11.0 Å². The van der Waals surface area contributed by atoms with Crippen LogP contribution in [0, 0.1) is 16.0 Å². The van der Waals surface area contributed by atoms with Crippen LogP contribution in [0.1, 0.15) is 54.9 Å². The lowest BCUT2D eigenvalue weighted by atomic mass is 9.92. The first-order valence-electron chi connectivity index (χ1n) is 8.43. The molecule has 0 radical (unpaired) electrons. The Morgan fingerprint density at radius 1 is 1.24 bits per heavy atom. The van der Waals surface area contributed by atoms with E-state index in [1.165, 1.54) is 11.8 Å². The fourth-order valence-electron chi connectivity index (χ4n) is 2.36. The monoisotopic (exact) mass is 358 g/mol. The van der Waals surface area contributed by atoms with Gasteiger partial charge in [-0.25, -0.2) is 10.2 Å². The number of hydrogen-bond acceptors (Lipinski definition) is 6. The molecule has 0 rings (SSSR count). The molecular formula is C16H30N4O5. The standard InChI is InChI=1S/C16H30N4O5/c1-8-12(20(23)24)13(14(21)19(9-2)10-3)11(4)17-18-15(22)25-16(5,6)7/h12-13H,8-10H2,1-7H3,(H,18,22)/b17-11+. The number of hydrogen-bond donors (Lipinski definition) is 1. The molecule has 0 aliphatic heterocycles. The number of nitro groups is 1. The molecule has 0 aliphatic rings. The molecule has 144 valence electrons. The van der Waals surface area contributed by atoms with Crippen molar-refractivity contribution >= 4 is 17.7 Å². The van der Waals surface area contributed by atoms with E-state index < -0.39 is 28.6 Å². The lowest BCUT2D eigenvalue weighted by Crippen LogP contribution is -2.47. The Hall–Kier alpha value is -2.19. The molecule has 0 saturated heterocycles. The van der Waals surface area contributed by atoms with E-state index in [2.05, 4.69) is 10.5 Å². The van der Waals surface area contributed by atoms with E-state index in [0.29, 0.717) is 13.1 Å². The molecule has 0 bridgehead atoms. The van der Waals surface area contributed by atoms with Crippen LogP contribution in [-0.4, -0.2) is 52.3 Å². The molecule has 2 atom stereocenters. The third-order valence-electron chi connectivity index (χ3n) is 3.59. The van der Waals surface area contributed by atoms with Crippen molar-refractivity contribution in [2.75, 3.05) is 13.1 Å². The molecule has 0 aliphatic carbocycles. The van der Waals surface area contributed by atoms with Gasteiger partial charge in [0.2, 0.25) is 11.9 Å². The highest BCUT2D eigenvalue weighted by Gasteiger charge is 2.40. The van der Waals surface area contributed by atoms with Crippen molar-refractivity contribution < 1.29 is 19.2 Å². The number of carbonyl (C=O) groups is 2. The molecular weight excluding hydrogens is 328 g/mol. The van der Waals surface area contributed by atoms with Crippen LogP contribution in [0.3, 0.4) is 0 Å². The van der Waals surface area contributed by atoms with Gasteiger partial charge in [0.05, 0.1) is 5.71 Å². The number of hydrazone groups is 1. The largest absolute Gasteiger partial charge is 0.443 e. The van der Waals surface area contributed by atoms with Crippen LogP contribution >= 0.6 is 0 Å². The maximum absolute atomic E-state index is 12.7. The summed E-state index contributed by atoms with van der Waals surface area (Å²) < 4.78 is 5.07. The van der Waals surface area contributed by atoms with Crippen molar-refractivity contribution in [1.82, 2.24) is 10.3 Å². The maximum Gasteiger partial charge on any atom is 0.428 e. The Bertz CT molecular complexity index is 509. The number of nitrogens with one attached hydrogen (secondary N) is 1. The molecule has 0 aromatic heterocycles. The minimum absolute atomic E-state index is 0.171. The first-order valence-corrected chi connectivity index (χ1v) is 8.43. The molecule has 25 heavy (non-hydrogen) atoms. The molecule has 0 saturated carbocycles. The molecule has 2 amide bonds. The van der Waals surface area contributed by atoms with Gasteiger partial charge in [0.25, 0.3) is 0 Å². The van der Waals surface area contributed by atoms with Crippen LogP contribution in [0.4, 0.5) is 4.79 Å². The molecule has 9 heteroatoms. The van der Waals surface area contributed by atoms with Gasteiger partial charge in [0.15, 0.2) is 0 Å². The zero-order chi connectivity index (χ0) is 19.8. The molecule has 2 unspecified atom stereocenters. The lowest BCUT2D eigenvalue weighted by molar-refractivity contribution is -0.526. The van der Waals surface area contributed by atoms with Gasteiger partial charge >= 0.3 is 6.09 Å².